The highest BCUT2D eigenvalue weighted by molar-refractivity contribution is 5.99. The first kappa shape index (κ1) is 22.7. The smallest absolute Gasteiger partial charge is 0.434 e. The molecule has 0 unspecified atom stereocenters. The van der Waals surface area contributed by atoms with Crippen LogP contribution in [0.3, 0.4) is 0 Å². The quantitative estimate of drug-likeness (QED) is 0.395. The van der Waals surface area contributed by atoms with E-state index in [9.17, 15) is 31.5 Å². The fourth-order valence-corrected chi connectivity index (χ4v) is 2.30. The summed E-state index contributed by atoms with van der Waals surface area (Å²) >= 11 is 0. The molecule has 0 amide bonds. The molecule has 1 rings (SSSR count). The van der Waals surface area contributed by atoms with Crippen LogP contribution in [-0.4, -0.2) is 51.7 Å². The second-order valence-corrected chi connectivity index (χ2v) is 4.96. The number of esters is 2. The van der Waals surface area contributed by atoms with E-state index in [4.69, 9.17) is 9.47 Å². The summed E-state index contributed by atoms with van der Waals surface area (Å²) in [6, 6.07) is 0. The minimum absolute atomic E-state index is 0.660. The van der Waals surface area contributed by atoms with Crippen LogP contribution in [0, 0.1) is 0 Å². The van der Waals surface area contributed by atoms with Crippen molar-refractivity contribution in [2.45, 2.75) is 25.3 Å². The Bertz CT molecular complexity index is 703. The molecule has 0 spiro atoms. The highest BCUT2D eigenvalue weighted by Crippen LogP contribution is 2.37. The summed E-state index contributed by atoms with van der Waals surface area (Å²) in [5.41, 5.74) is -6.32. The van der Waals surface area contributed by atoms with Crippen LogP contribution in [0.5, 0.6) is 0 Å². The average Bonchev–Trinajstić information content (AvgIpc) is 2.62. The Balaban J connectivity index is 4.04. The second kappa shape index (κ2) is 9.04. The van der Waals surface area contributed by atoms with Crippen LogP contribution >= 0.6 is 0 Å². The minimum Gasteiger partial charge on any atom is -0.465 e. The van der Waals surface area contributed by atoms with Crippen molar-refractivity contribution in [3.8, 4) is 0 Å². The van der Waals surface area contributed by atoms with Gasteiger partial charge < -0.3 is 18.9 Å². The number of carbonyl (C=O) groups excluding carboxylic acids is 2. The Morgan fingerprint density at radius 2 is 1.44 bits per heavy atom. The van der Waals surface area contributed by atoms with E-state index in [-0.39, 0.29) is 0 Å². The molecule has 0 aliphatic carbocycles. The molecule has 0 bridgehead atoms. The van der Waals surface area contributed by atoms with Gasteiger partial charge in [0, 0.05) is 20.6 Å². The zero-order chi connectivity index (χ0) is 20.9. The van der Waals surface area contributed by atoms with E-state index in [1.165, 1.54) is 0 Å². The molecule has 0 N–H and O–H groups in total. The van der Waals surface area contributed by atoms with E-state index in [1.54, 1.807) is 0 Å². The summed E-state index contributed by atoms with van der Waals surface area (Å²) in [5.74, 6) is -2.93. The summed E-state index contributed by atoms with van der Waals surface area (Å²) in [6.07, 6.45) is -10.8. The van der Waals surface area contributed by atoms with Crippen LogP contribution in [0.1, 0.15) is 44.1 Å². The molecule has 0 atom stereocenters. The van der Waals surface area contributed by atoms with Crippen molar-refractivity contribution in [3.05, 3.63) is 28.1 Å². The summed E-state index contributed by atoms with van der Waals surface area (Å²) in [5, 5.41) is 0. The Kier molecular flexibility index (Phi) is 7.60. The summed E-state index contributed by atoms with van der Waals surface area (Å²) < 4.78 is 85.3. The number of hydrogen-bond acceptors (Lipinski definition) is 7. The molecule has 12 heteroatoms. The number of alkyl halides is 5. The van der Waals surface area contributed by atoms with E-state index in [0.717, 1.165) is 28.4 Å². The van der Waals surface area contributed by atoms with E-state index in [1.807, 2.05) is 0 Å². The van der Waals surface area contributed by atoms with Gasteiger partial charge in [-0.05, 0) is 5.56 Å². The van der Waals surface area contributed by atoms with Crippen LogP contribution in [0.2, 0.25) is 0 Å². The number of nitrogens with zero attached hydrogens (tertiary/aromatic N) is 1. The van der Waals surface area contributed by atoms with Gasteiger partial charge in [-0.15, -0.1) is 0 Å². The SMILES string of the molecule is COC(=O)c1c(C(F)F)nc(C(F)(F)F)c(C(=O)OC)c1CC(OC)OC. The Morgan fingerprint density at radius 3 is 1.81 bits per heavy atom. The Labute approximate surface area is 150 Å². The van der Waals surface area contributed by atoms with Gasteiger partial charge in [0.1, 0.15) is 5.69 Å². The molecule has 1 heterocycles. The summed E-state index contributed by atoms with van der Waals surface area (Å²) in [4.78, 5) is 26.9. The van der Waals surface area contributed by atoms with E-state index in [0.29, 0.717) is 0 Å². The largest absolute Gasteiger partial charge is 0.465 e. The van der Waals surface area contributed by atoms with Gasteiger partial charge in [-0.3, -0.25) is 0 Å². The zero-order valence-corrected chi connectivity index (χ0v) is 14.6. The molecular weight excluding hydrogens is 385 g/mol. The first-order valence-electron chi connectivity index (χ1n) is 7.17. The number of ether oxygens (including phenoxy) is 4. The lowest BCUT2D eigenvalue weighted by atomic mass is 9.94. The highest BCUT2D eigenvalue weighted by atomic mass is 19.4. The van der Waals surface area contributed by atoms with Gasteiger partial charge in [-0.25, -0.2) is 23.4 Å². The lowest BCUT2D eigenvalue weighted by molar-refractivity contribution is -0.142. The predicted molar refractivity (Wildman–Crippen MR) is 78.4 cm³/mol. The van der Waals surface area contributed by atoms with Crippen LogP contribution in [0.4, 0.5) is 22.0 Å². The van der Waals surface area contributed by atoms with Gasteiger partial charge in [0.05, 0.1) is 25.3 Å². The fraction of sp³-hybridized carbons (Fsp3) is 0.533. The number of pyridine rings is 1. The van der Waals surface area contributed by atoms with Crippen molar-refractivity contribution in [2.24, 2.45) is 0 Å². The average molecular weight is 401 g/mol. The van der Waals surface area contributed by atoms with E-state index in [2.05, 4.69) is 14.5 Å². The number of halogens is 5. The normalized spacial score (nSPS) is 11.8. The molecule has 0 radical (unpaired) electrons. The Morgan fingerprint density at radius 1 is 0.963 bits per heavy atom. The lowest BCUT2D eigenvalue weighted by Gasteiger charge is -2.22. The molecule has 0 fully saturated rings. The lowest BCUT2D eigenvalue weighted by Crippen LogP contribution is -2.27. The van der Waals surface area contributed by atoms with Gasteiger partial charge in [0.25, 0.3) is 6.43 Å². The number of hydrogen-bond donors (Lipinski definition) is 0. The maximum atomic E-state index is 13.4. The first-order chi connectivity index (χ1) is 12.5. The number of methoxy groups -OCH3 is 4. The minimum atomic E-state index is -5.29. The van der Waals surface area contributed by atoms with Gasteiger partial charge in [-0.2, -0.15) is 13.2 Å². The van der Waals surface area contributed by atoms with Crippen LogP contribution in [0.15, 0.2) is 0 Å². The van der Waals surface area contributed by atoms with Crippen LogP contribution in [-0.2, 0) is 31.5 Å². The van der Waals surface area contributed by atoms with Crippen LogP contribution < -0.4 is 0 Å². The van der Waals surface area contributed by atoms with Crippen molar-refractivity contribution in [3.63, 3.8) is 0 Å². The molecule has 152 valence electrons. The number of carbonyl (C=O) groups is 2. The standard InChI is InChI=1S/C15H16F5NO6/c1-24-7(25-2)5-6-8(13(22)26-3)10(12(16)17)21-11(15(18,19)20)9(6)14(23)27-4/h7,12H,5H2,1-4H3. The van der Waals surface area contributed by atoms with Gasteiger partial charge >= 0.3 is 18.1 Å². The van der Waals surface area contributed by atoms with Crippen molar-refractivity contribution in [2.75, 3.05) is 28.4 Å². The van der Waals surface area contributed by atoms with Crippen LogP contribution in [0.25, 0.3) is 0 Å². The molecule has 0 saturated heterocycles. The van der Waals surface area contributed by atoms with Gasteiger partial charge in [-0.1, -0.05) is 0 Å². The second-order valence-electron chi connectivity index (χ2n) is 4.96. The first-order valence-corrected chi connectivity index (χ1v) is 7.17. The summed E-state index contributed by atoms with van der Waals surface area (Å²) in [6.45, 7) is 0. The van der Waals surface area contributed by atoms with Crippen molar-refractivity contribution < 1.29 is 50.5 Å². The zero-order valence-electron chi connectivity index (χ0n) is 14.6. The van der Waals surface area contributed by atoms with Crippen molar-refractivity contribution >= 4 is 11.9 Å². The molecule has 1 aromatic heterocycles. The van der Waals surface area contributed by atoms with E-state index < -0.39 is 65.3 Å². The monoisotopic (exact) mass is 401 g/mol. The van der Waals surface area contributed by atoms with Gasteiger partial charge in [0.15, 0.2) is 12.0 Å². The number of rotatable bonds is 7. The number of aromatic nitrogens is 1. The fourth-order valence-electron chi connectivity index (χ4n) is 2.30. The molecule has 0 saturated carbocycles. The molecule has 7 nitrogen and oxygen atoms in total. The van der Waals surface area contributed by atoms with Gasteiger partial charge in [0.2, 0.25) is 0 Å². The molecule has 27 heavy (non-hydrogen) atoms. The topological polar surface area (TPSA) is 84.0 Å². The third-order valence-electron chi connectivity index (χ3n) is 3.48. The van der Waals surface area contributed by atoms with Crippen molar-refractivity contribution in [1.82, 2.24) is 4.98 Å². The third-order valence-corrected chi connectivity index (χ3v) is 3.48. The maximum Gasteiger partial charge on any atom is 0.434 e. The predicted octanol–water partition coefficient (Wildman–Crippen LogP) is 2.77. The molecule has 0 aliphatic heterocycles. The highest BCUT2D eigenvalue weighted by Gasteiger charge is 2.43. The maximum absolute atomic E-state index is 13.4. The molecule has 1 aromatic rings. The molecule has 0 aromatic carbocycles. The third kappa shape index (κ3) is 4.89. The van der Waals surface area contributed by atoms with Crippen molar-refractivity contribution in [1.29, 1.82) is 0 Å². The Hall–Kier alpha value is -2.34. The molecular formula is C15H16F5NO6. The van der Waals surface area contributed by atoms with E-state index >= 15 is 0 Å². The molecule has 0 aliphatic rings. The summed E-state index contributed by atoms with van der Waals surface area (Å²) in [7, 11) is 3.88.